The van der Waals surface area contributed by atoms with Gasteiger partial charge < -0.3 is 10.0 Å². The lowest BCUT2D eigenvalue weighted by atomic mass is 10.0. The zero-order valence-corrected chi connectivity index (χ0v) is 11.4. The van der Waals surface area contributed by atoms with Gasteiger partial charge in [0.15, 0.2) is 0 Å². The number of nitrogens with zero attached hydrogens (tertiary/aromatic N) is 1. The fourth-order valence-electron chi connectivity index (χ4n) is 2.27. The summed E-state index contributed by atoms with van der Waals surface area (Å²) >= 11 is 0. The van der Waals surface area contributed by atoms with E-state index in [-0.39, 0.29) is 30.7 Å². The van der Waals surface area contributed by atoms with Crippen LogP contribution in [-0.4, -0.2) is 28.4 Å². The van der Waals surface area contributed by atoms with Crippen molar-refractivity contribution >= 4 is 11.9 Å². The van der Waals surface area contributed by atoms with Gasteiger partial charge in [-0.05, 0) is 36.5 Å². The number of benzene rings is 1. The number of aliphatic carboxylic acids is 1. The second-order valence-electron chi connectivity index (χ2n) is 5.34. The number of carboxylic acid groups (broad SMARTS) is 1. The van der Waals surface area contributed by atoms with Crippen LogP contribution < -0.4 is 0 Å². The molecule has 20 heavy (non-hydrogen) atoms. The molecular weight excluding hydrogens is 261 g/mol. The maximum absolute atomic E-state index is 12.9. The summed E-state index contributed by atoms with van der Waals surface area (Å²) in [5.41, 5.74) is 0.726. The lowest BCUT2D eigenvalue weighted by Crippen LogP contribution is -2.39. The van der Waals surface area contributed by atoms with Crippen LogP contribution in [0.5, 0.6) is 0 Å². The molecule has 108 valence electrons. The molecule has 1 N–H and O–H groups in total. The van der Waals surface area contributed by atoms with Crippen molar-refractivity contribution in [3.8, 4) is 0 Å². The van der Waals surface area contributed by atoms with Crippen molar-refractivity contribution in [2.45, 2.75) is 26.3 Å². The zero-order chi connectivity index (χ0) is 14.7. The Morgan fingerprint density at radius 3 is 2.45 bits per heavy atom. The summed E-state index contributed by atoms with van der Waals surface area (Å²) in [7, 11) is 0. The van der Waals surface area contributed by atoms with Crippen LogP contribution >= 0.6 is 0 Å². The summed E-state index contributed by atoms with van der Waals surface area (Å²) in [6, 6.07) is 5.75. The van der Waals surface area contributed by atoms with E-state index < -0.39 is 5.97 Å². The van der Waals surface area contributed by atoms with Gasteiger partial charge in [0.1, 0.15) is 12.4 Å². The van der Waals surface area contributed by atoms with Gasteiger partial charge in [0, 0.05) is 12.5 Å². The molecule has 0 aromatic heterocycles. The van der Waals surface area contributed by atoms with Crippen LogP contribution in [0.2, 0.25) is 0 Å². The molecule has 1 aliphatic carbocycles. The summed E-state index contributed by atoms with van der Waals surface area (Å²) in [6.45, 7) is 1.72. The Morgan fingerprint density at radius 1 is 1.35 bits per heavy atom. The Labute approximate surface area is 117 Å². The van der Waals surface area contributed by atoms with Gasteiger partial charge in [0.05, 0.1) is 0 Å². The van der Waals surface area contributed by atoms with Crippen molar-refractivity contribution in [1.29, 1.82) is 0 Å². The second kappa shape index (κ2) is 6.03. The van der Waals surface area contributed by atoms with Gasteiger partial charge in [-0.25, -0.2) is 4.39 Å². The minimum Gasteiger partial charge on any atom is -0.480 e. The average Bonchev–Trinajstić information content (AvgIpc) is 3.22. The monoisotopic (exact) mass is 279 g/mol. The second-order valence-corrected chi connectivity index (χ2v) is 5.34. The van der Waals surface area contributed by atoms with Crippen molar-refractivity contribution in [2.75, 3.05) is 6.54 Å². The van der Waals surface area contributed by atoms with Gasteiger partial charge in [-0.3, -0.25) is 9.59 Å². The quantitative estimate of drug-likeness (QED) is 0.869. The molecule has 1 fully saturated rings. The van der Waals surface area contributed by atoms with Gasteiger partial charge in [-0.2, -0.15) is 0 Å². The molecule has 0 aliphatic heterocycles. The van der Waals surface area contributed by atoms with E-state index in [4.69, 9.17) is 5.11 Å². The molecule has 4 nitrogen and oxygen atoms in total. The van der Waals surface area contributed by atoms with Crippen molar-refractivity contribution < 1.29 is 19.1 Å². The van der Waals surface area contributed by atoms with Crippen LogP contribution in [-0.2, 0) is 16.1 Å². The molecule has 1 aliphatic rings. The first-order valence-electron chi connectivity index (χ1n) is 6.72. The van der Waals surface area contributed by atoms with E-state index in [1.165, 1.54) is 17.0 Å². The van der Waals surface area contributed by atoms with E-state index in [9.17, 15) is 14.0 Å². The highest BCUT2D eigenvalue weighted by Crippen LogP contribution is 2.37. The predicted octanol–water partition coefficient (Wildman–Crippen LogP) is 2.29. The Bertz CT molecular complexity index is 496. The number of halogens is 1. The van der Waals surface area contributed by atoms with E-state index in [0.29, 0.717) is 5.92 Å². The summed E-state index contributed by atoms with van der Waals surface area (Å²) < 4.78 is 12.9. The fourth-order valence-corrected chi connectivity index (χ4v) is 2.27. The Kier molecular flexibility index (Phi) is 4.37. The molecular formula is C15H18FNO3. The largest absolute Gasteiger partial charge is 0.480 e. The fraction of sp³-hybridized carbons (Fsp3) is 0.467. The Morgan fingerprint density at radius 2 is 1.95 bits per heavy atom. The molecule has 1 saturated carbocycles. The number of carbonyl (C=O) groups is 2. The molecule has 0 spiro atoms. The van der Waals surface area contributed by atoms with E-state index in [0.717, 1.165) is 18.4 Å². The predicted molar refractivity (Wildman–Crippen MR) is 71.3 cm³/mol. The molecule has 1 aromatic carbocycles. The molecule has 0 radical (unpaired) electrons. The number of hydrogen-bond acceptors (Lipinski definition) is 2. The molecule has 0 saturated heterocycles. The van der Waals surface area contributed by atoms with Gasteiger partial charge in [0.25, 0.3) is 0 Å². The van der Waals surface area contributed by atoms with Gasteiger partial charge >= 0.3 is 5.97 Å². The van der Waals surface area contributed by atoms with Gasteiger partial charge in [-0.15, -0.1) is 0 Å². The highest BCUT2D eigenvalue weighted by Gasteiger charge is 2.35. The molecule has 1 unspecified atom stereocenters. The van der Waals surface area contributed by atoms with E-state index in [1.807, 2.05) is 6.92 Å². The van der Waals surface area contributed by atoms with Crippen molar-refractivity contribution in [3.63, 3.8) is 0 Å². The first-order chi connectivity index (χ1) is 9.47. The molecule has 1 amide bonds. The number of carbonyl (C=O) groups excluding carboxylic acids is 1. The first-order valence-corrected chi connectivity index (χ1v) is 6.72. The average molecular weight is 279 g/mol. The van der Waals surface area contributed by atoms with Crippen molar-refractivity contribution in [1.82, 2.24) is 4.90 Å². The summed E-state index contributed by atoms with van der Waals surface area (Å²) in [5, 5.41) is 8.94. The van der Waals surface area contributed by atoms with Gasteiger partial charge in [-0.1, -0.05) is 19.1 Å². The van der Waals surface area contributed by atoms with Crippen LogP contribution in [0.4, 0.5) is 4.39 Å². The highest BCUT2D eigenvalue weighted by molar-refractivity contribution is 5.83. The van der Waals surface area contributed by atoms with Crippen LogP contribution in [0.3, 0.4) is 0 Å². The smallest absolute Gasteiger partial charge is 0.323 e. The normalized spacial score (nSPS) is 15.7. The van der Waals surface area contributed by atoms with Crippen LogP contribution in [0, 0.1) is 17.7 Å². The molecule has 0 bridgehead atoms. The summed E-state index contributed by atoms with van der Waals surface area (Å²) in [4.78, 5) is 24.6. The third kappa shape index (κ3) is 3.79. The number of hydrogen-bond donors (Lipinski definition) is 1. The van der Waals surface area contributed by atoms with Crippen molar-refractivity contribution in [3.05, 3.63) is 35.6 Å². The molecule has 1 aromatic rings. The van der Waals surface area contributed by atoms with Crippen molar-refractivity contribution in [2.24, 2.45) is 11.8 Å². The van der Waals surface area contributed by atoms with Crippen LogP contribution in [0.1, 0.15) is 25.3 Å². The maximum atomic E-state index is 12.9. The molecule has 5 heteroatoms. The standard InChI is InChI=1S/C15H18FNO3/c1-10(12-4-5-12)15(20)17(9-14(18)19)8-11-2-6-13(16)7-3-11/h2-3,6-7,10,12H,4-5,8-9H2,1H3,(H,18,19). The minimum absolute atomic E-state index is 0.140. The lowest BCUT2D eigenvalue weighted by molar-refractivity contribution is -0.146. The summed E-state index contributed by atoms with van der Waals surface area (Å²) in [6.07, 6.45) is 2.06. The molecule has 1 atom stereocenters. The summed E-state index contributed by atoms with van der Waals surface area (Å²) in [5.74, 6) is -1.29. The lowest BCUT2D eigenvalue weighted by Gasteiger charge is -2.24. The van der Waals surface area contributed by atoms with Gasteiger partial charge in [0.2, 0.25) is 5.91 Å². The van der Waals surface area contributed by atoms with Crippen LogP contribution in [0.25, 0.3) is 0 Å². The Balaban J connectivity index is 2.07. The number of amides is 1. The Hall–Kier alpha value is -1.91. The third-order valence-corrected chi connectivity index (χ3v) is 3.64. The SMILES string of the molecule is CC(C(=O)N(CC(=O)O)Cc1ccc(F)cc1)C1CC1. The molecule has 2 rings (SSSR count). The molecule has 0 heterocycles. The van der Waals surface area contributed by atoms with E-state index >= 15 is 0 Å². The van der Waals surface area contributed by atoms with E-state index in [2.05, 4.69) is 0 Å². The number of rotatable bonds is 6. The first kappa shape index (κ1) is 14.5. The minimum atomic E-state index is -1.04. The maximum Gasteiger partial charge on any atom is 0.323 e. The number of carboxylic acids is 1. The third-order valence-electron chi connectivity index (χ3n) is 3.64. The van der Waals surface area contributed by atoms with Crippen LogP contribution in [0.15, 0.2) is 24.3 Å². The highest BCUT2D eigenvalue weighted by atomic mass is 19.1. The topological polar surface area (TPSA) is 57.6 Å². The zero-order valence-electron chi connectivity index (χ0n) is 11.4. The van der Waals surface area contributed by atoms with E-state index in [1.54, 1.807) is 12.1 Å².